The quantitative estimate of drug-likeness (QED) is 0.515. The molecule has 1 heterocycles. The van der Waals surface area contributed by atoms with Gasteiger partial charge in [0.05, 0.1) is 16.7 Å². The third kappa shape index (κ3) is 3.79. The normalized spacial score (nSPS) is 11.6. The molecular weight excluding hydrogens is 346 g/mol. The molecule has 0 aliphatic heterocycles. The van der Waals surface area contributed by atoms with Crippen LogP contribution >= 0.6 is 0 Å². The summed E-state index contributed by atoms with van der Waals surface area (Å²) in [5.74, 6) is -0.373. The number of anilines is 1. The number of aromatic nitrogens is 2. The van der Waals surface area contributed by atoms with Crippen molar-refractivity contribution in [3.05, 3.63) is 82.2 Å². The first-order valence-electron chi connectivity index (χ1n) is 8.37. The largest absolute Gasteiger partial charge is 0.373 e. The molecule has 1 amide bonds. The van der Waals surface area contributed by atoms with Crippen LogP contribution < -0.4 is 10.6 Å². The fourth-order valence-corrected chi connectivity index (χ4v) is 2.87. The van der Waals surface area contributed by atoms with Gasteiger partial charge in [0.25, 0.3) is 11.6 Å². The highest BCUT2D eigenvalue weighted by molar-refractivity contribution is 5.95. The topological polar surface area (TPSA) is 102 Å². The number of rotatable bonds is 6. The van der Waals surface area contributed by atoms with E-state index in [-0.39, 0.29) is 23.2 Å². The van der Waals surface area contributed by atoms with Crippen molar-refractivity contribution in [1.82, 2.24) is 15.1 Å². The first-order valence-corrected chi connectivity index (χ1v) is 8.37. The van der Waals surface area contributed by atoms with E-state index in [9.17, 15) is 14.9 Å². The molecule has 1 atom stereocenters. The van der Waals surface area contributed by atoms with Crippen molar-refractivity contribution < 1.29 is 9.72 Å². The van der Waals surface area contributed by atoms with E-state index in [0.717, 1.165) is 11.3 Å². The van der Waals surface area contributed by atoms with E-state index in [0.29, 0.717) is 5.69 Å². The van der Waals surface area contributed by atoms with Gasteiger partial charge < -0.3 is 10.6 Å². The molecule has 3 rings (SSSR count). The number of hydrogen-bond acceptors (Lipinski definition) is 5. The highest BCUT2D eigenvalue weighted by Crippen LogP contribution is 2.31. The fraction of sp³-hybridized carbons (Fsp3) is 0.158. The third-order valence-corrected chi connectivity index (χ3v) is 4.21. The van der Waals surface area contributed by atoms with Crippen LogP contribution in [0.15, 0.2) is 60.9 Å². The number of nitrogens with zero attached hydrogens (tertiary/aromatic N) is 3. The summed E-state index contributed by atoms with van der Waals surface area (Å²) in [6.45, 7) is 1.92. The SMILES string of the molecule is CNC(=O)c1ccc(NC(C)c2ccccc2-n2cccn2)c([N+](=O)[O-])c1. The molecule has 27 heavy (non-hydrogen) atoms. The molecule has 1 aromatic heterocycles. The Hall–Kier alpha value is -3.68. The average molecular weight is 365 g/mol. The average Bonchev–Trinajstić information content (AvgIpc) is 3.22. The number of benzene rings is 2. The minimum atomic E-state index is -0.499. The van der Waals surface area contributed by atoms with Crippen molar-refractivity contribution in [2.45, 2.75) is 13.0 Å². The molecule has 138 valence electrons. The van der Waals surface area contributed by atoms with Crippen molar-refractivity contribution in [2.75, 3.05) is 12.4 Å². The van der Waals surface area contributed by atoms with Crippen LogP contribution in [0.25, 0.3) is 5.69 Å². The summed E-state index contributed by atoms with van der Waals surface area (Å²) in [6, 6.07) is 13.7. The van der Waals surface area contributed by atoms with Crippen molar-refractivity contribution in [1.29, 1.82) is 0 Å². The molecule has 8 nitrogen and oxygen atoms in total. The highest BCUT2D eigenvalue weighted by atomic mass is 16.6. The lowest BCUT2D eigenvalue weighted by atomic mass is 10.0. The zero-order valence-electron chi connectivity index (χ0n) is 14.9. The van der Waals surface area contributed by atoms with Crippen molar-refractivity contribution in [2.24, 2.45) is 0 Å². The Morgan fingerprint density at radius 1 is 1.22 bits per heavy atom. The van der Waals surface area contributed by atoms with Crippen LogP contribution in [0.4, 0.5) is 11.4 Å². The smallest absolute Gasteiger partial charge is 0.293 e. The maximum atomic E-state index is 11.8. The Kier molecular flexibility index (Phi) is 5.16. The van der Waals surface area contributed by atoms with E-state index in [1.807, 2.05) is 43.5 Å². The van der Waals surface area contributed by atoms with E-state index < -0.39 is 4.92 Å². The molecule has 0 fully saturated rings. The predicted octanol–water partition coefficient (Wildman–Crippen LogP) is 3.31. The van der Waals surface area contributed by atoms with Gasteiger partial charge in [0.15, 0.2) is 0 Å². The summed E-state index contributed by atoms with van der Waals surface area (Å²) >= 11 is 0. The second kappa shape index (κ2) is 7.69. The standard InChI is InChI=1S/C19H19N5O3/c1-13(15-6-3-4-7-17(15)23-11-5-10-21-23)22-16-9-8-14(19(25)20-2)12-18(16)24(26)27/h3-13,22H,1-2H3,(H,20,25). The van der Waals surface area contributed by atoms with Crippen molar-refractivity contribution in [3.63, 3.8) is 0 Å². The van der Waals surface area contributed by atoms with Gasteiger partial charge in [0.1, 0.15) is 5.69 Å². The van der Waals surface area contributed by atoms with Crippen LogP contribution in [0.3, 0.4) is 0 Å². The van der Waals surface area contributed by atoms with E-state index in [2.05, 4.69) is 15.7 Å². The zero-order valence-corrected chi connectivity index (χ0v) is 14.9. The van der Waals surface area contributed by atoms with Gasteiger partial charge in [0, 0.05) is 31.1 Å². The molecule has 1 unspecified atom stereocenters. The molecule has 2 aromatic carbocycles. The summed E-state index contributed by atoms with van der Waals surface area (Å²) in [6.07, 6.45) is 3.53. The molecule has 0 aliphatic rings. The van der Waals surface area contributed by atoms with E-state index in [1.54, 1.807) is 23.0 Å². The van der Waals surface area contributed by atoms with Crippen LogP contribution in [0.1, 0.15) is 28.9 Å². The number of para-hydroxylation sites is 1. The minimum Gasteiger partial charge on any atom is -0.373 e. The second-order valence-corrected chi connectivity index (χ2v) is 5.94. The second-order valence-electron chi connectivity index (χ2n) is 5.94. The fourth-order valence-electron chi connectivity index (χ4n) is 2.87. The highest BCUT2D eigenvalue weighted by Gasteiger charge is 2.20. The molecule has 0 aliphatic carbocycles. The van der Waals surface area contributed by atoms with Crippen LogP contribution in [-0.2, 0) is 0 Å². The minimum absolute atomic E-state index is 0.153. The molecule has 3 aromatic rings. The summed E-state index contributed by atoms with van der Waals surface area (Å²) in [5, 5.41) is 21.4. The maximum Gasteiger partial charge on any atom is 0.293 e. The van der Waals surface area contributed by atoms with E-state index in [4.69, 9.17) is 0 Å². The van der Waals surface area contributed by atoms with Gasteiger partial charge >= 0.3 is 0 Å². The van der Waals surface area contributed by atoms with Gasteiger partial charge in [-0.3, -0.25) is 14.9 Å². The van der Waals surface area contributed by atoms with Gasteiger partial charge in [-0.25, -0.2) is 4.68 Å². The molecule has 0 saturated carbocycles. The molecule has 8 heteroatoms. The van der Waals surface area contributed by atoms with Gasteiger partial charge in [-0.1, -0.05) is 18.2 Å². The molecule has 0 bridgehead atoms. The van der Waals surface area contributed by atoms with Crippen LogP contribution in [0, 0.1) is 10.1 Å². The number of nitro benzene ring substituents is 1. The van der Waals surface area contributed by atoms with E-state index >= 15 is 0 Å². The van der Waals surface area contributed by atoms with Crippen molar-refractivity contribution in [3.8, 4) is 5.69 Å². The maximum absolute atomic E-state index is 11.8. The van der Waals surface area contributed by atoms with Gasteiger partial charge in [-0.15, -0.1) is 0 Å². The van der Waals surface area contributed by atoms with E-state index in [1.165, 1.54) is 13.1 Å². The van der Waals surface area contributed by atoms with Gasteiger partial charge in [-0.2, -0.15) is 5.10 Å². The Morgan fingerprint density at radius 2 is 2.00 bits per heavy atom. The summed E-state index contributed by atoms with van der Waals surface area (Å²) in [5.41, 5.74) is 2.24. The number of carbonyl (C=O) groups excluding carboxylic acids is 1. The Labute approximate surface area is 156 Å². The lowest BCUT2D eigenvalue weighted by molar-refractivity contribution is -0.384. The third-order valence-electron chi connectivity index (χ3n) is 4.21. The lowest BCUT2D eigenvalue weighted by Crippen LogP contribution is -2.18. The summed E-state index contributed by atoms with van der Waals surface area (Å²) in [7, 11) is 1.48. The first kappa shape index (κ1) is 18.1. The summed E-state index contributed by atoms with van der Waals surface area (Å²) < 4.78 is 1.75. The predicted molar refractivity (Wildman–Crippen MR) is 102 cm³/mol. The number of hydrogen-bond donors (Lipinski definition) is 2. The van der Waals surface area contributed by atoms with Crippen LogP contribution in [-0.4, -0.2) is 27.7 Å². The lowest BCUT2D eigenvalue weighted by Gasteiger charge is -2.19. The molecule has 0 saturated heterocycles. The molecule has 0 spiro atoms. The monoisotopic (exact) mass is 365 g/mol. The number of carbonyl (C=O) groups is 1. The zero-order chi connectivity index (χ0) is 19.4. The van der Waals surface area contributed by atoms with Gasteiger partial charge in [0.2, 0.25) is 0 Å². The molecule has 0 radical (unpaired) electrons. The Balaban J connectivity index is 1.94. The molecule has 2 N–H and O–H groups in total. The number of amides is 1. The number of nitrogens with one attached hydrogen (secondary N) is 2. The van der Waals surface area contributed by atoms with Crippen LogP contribution in [0.5, 0.6) is 0 Å². The van der Waals surface area contributed by atoms with Crippen LogP contribution in [0.2, 0.25) is 0 Å². The number of nitro groups is 1. The van der Waals surface area contributed by atoms with Gasteiger partial charge in [-0.05, 0) is 36.8 Å². The van der Waals surface area contributed by atoms with Crippen molar-refractivity contribution >= 4 is 17.3 Å². The summed E-state index contributed by atoms with van der Waals surface area (Å²) in [4.78, 5) is 22.7. The molecular formula is C19H19N5O3. The first-order chi connectivity index (χ1) is 13.0. The Morgan fingerprint density at radius 3 is 2.67 bits per heavy atom. The Bertz CT molecular complexity index is 969.